The lowest BCUT2D eigenvalue weighted by Gasteiger charge is -2.37. The van der Waals surface area contributed by atoms with Crippen molar-refractivity contribution in [3.05, 3.63) is 34.1 Å². The van der Waals surface area contributed by atoms with Crippen molar-refractivity contribution in [2.75, 3.05) is 0 Å². The third kappa shape index (κ3) is 2.47. The van der Waals surface area contributed by atoms with Crippen LogP contribution < -0.4 is 0 Å². The molecule has 2 aliphatic rings. The standard InChI is InChI=1S/C14H14Br2FNO/c15-8-5-10-2-3-11(6-8)18(10)14(19)12-4-1-9(17)7-13(12)16/h1,4,7-8,10-11H,2-3,5-6H2. The summed E-state index contributed by atoms with van der Waals surface area (Å²) in [5.41, 5.74) is 0.561. The van der Waals surface area contributed by atoms with Crippen LogP contribution in [0.2, 0.25) is 0 Å². The van der Waals surface area contributed by atoms with E-state index in [1.165, 1.54) is 12.1 Å². The van der Waals surface area contributed by atoms with Crippen LogP contribution in [0.4, 0.5) is 4.39 Å². The highest BCUT2D eigenvalue weighted by atomic mass is 79.9. The highest BCUT2D eigenvalue weighted by molar-refractivity contribution is 9.10. The minimum Gasteiger partial charge on any atom is -0.333 e. The molecule has 5 heteroatoms. The molecule has 2 atom stereocenters. The number of rotatable bonds is 1. The lowest BCUT2D eigenvalue weighted by Crippen LogP contribution is -2.46. The third-order valence-electron chi connectivity index (χ3n) is 4.07. The summed E-state index contributed by atoms with van der Waals surface area (Å²) < 4.78 is 13.6. The maximum Gasteiger partial charge on any atom is 0.255 e. The SMILES string of the molecule is O=C(c1ccc(F)cc1Br)N1C2CCC1CC(Br)C2. The molecule has 1 amide bonds. The summed E-state index contributed by atoms with van der Waals surface area (Å²) in [7, 11) is 0. The Balaban J connectivity index is 1.88. The van der Waals surface area contributed by atoms with Crippen molar-refractivity contribution in [3.8, 4) is 0 Å². The van der Waals surface area contributed by atoms with E-state index in [0.29, 0.717) is 26.9 Å². The van der Waals surface area contributed by atoms with Crippen molar-refractivity contribution in [2.24, 2.45) is 0 Å². The second kappa shape index (κ2) is 5.17. The Bertz CT molecular complexity index is 508. The number of fused-ring (bicyclic) bond motifs is 2. The Kier molecular flexibility index (Phi) is 3.69. The average Bonchev–Trinajstić information content (AvgIpc) is 2.61. The van der Waals surface area contributed by atoms with Gasteiger partial charge in [-0.3, -0.25) is 4.79 Å². The fourth-order valence-corrected chi connectivity index (χ4v) is 4.63. The van der Waals surface area contributed by atoms with Crippen LogP contribution in [0.3, 0.4) is 0 Å². The number of benzene rings is 1. The van der Waals surface area contributed by atoms with Gasteiger partial charge >= 0.3 is 0 Å². The van der Waals surface area contributed by atoms with E-state index in [1.807, 2.05) is 4.90 Å². The zero-order valence-electron chi connectivity index (χ0n) is 10.3. The molecule has 0 saturated carbocycles. The number of amides is 1. The molecular weight excluding hydrogens is 377 g/mol. The molecule has 3 rings (SSSR count). The second-order valence-electron chi connectivity index (χ2n) is 5.29. The number of halogens is 3. The molecule has 0 aromatic heterocycles. The smallest absolute Gasteiger partial charge is 0.255 e. The van der Waals surface area contributed by atoms with Crippen molar-refractivity contribution in [3.63, 3.8) is 0 Å². The number of hydrogen-bond donors (Lipinski definition) is 0. The van der Waals surface area contributed by atoms with Crippen LogP contribution in [0.1, 0.15) is 36.0 Å². The van der Waals surface area contributed by atoms with E-state index < -0.39 is 0 Å². The fraction of sp³-hybridized carbons (Fsp3) is 0.500. The van der Waals surface area contributed by atoms with Crippen LogP contribution in [-0.2, 0) is 0 Å². The molecule has 2 unspecified atom stereocenters. The highest BCUT2D eigenvalue weighted by Crippen LogP contribution is 2.39. The van der Waals surface area contributed by atoms with Crippen molar-refractivity contribution < 1.29 is 9.18 Å². The Hall–Kier alpha value is -0.420. The van der Waals surface area contributed by atoms with Gasteiger partial charge in [-0.1, -0.05) is 15.9 Å². The first kappa shape index (κ1) is 13.6. The zero-order chi connectivity index (χ0) is 13.6. The molecule has 2 saturated heterocycles. The summed E-state index contributed by atoms with van der Waals surface area (Å²) in [6, 6.07) is 4.92. The Morgan fingerprint density at radius 2 is 1.89 bits per heavy atom. The predicted octanol–water partition coefficient (Wildman–Crippen LogP) is 4.12. The van der Waals surface area contributed by atoms with Crippen LogP contribution in [0, 0.1) is 5.82 Å². The molecule has 1 aromatic carbocycles. The molecule has 2 nitrogen and oxygen atoms in total. The van der Waals surface area contributed by atoms with Gasteiger partial charge in [-0.2, -0.15) is 0 Å². The van der Waals surface area contributed by atoms with Crippen LogP contribution in [-0.4, -0.2) is 27.7 Å². The first-order chi connectivity index (χ1) is 9.06. The monoisotopic (exact) mass is 389 g/mol. The first-order valence-corrected chi connectivity index (χ1v) is 8.19. The molecule has 0 N–H and O–H groups in total. The van der Waals surface area contributed by atoms with Gasteiger partial charge in [0.05, 0.1) is 5.56 Å². The van der Waals surface area contributed by atoms with E-state index in [0.717, 1.165) is 25.7 Å². The van der Waals surface area contributed by atoms with Gasteiger partial charge in [0.25, 0.3) is 5.91 Å². The quantitative estimate of drug-likeness (QED) is 0.660. The van der Waals surface area contributed by atoms with Gasteiger partial charge in [0.15, 0.2) is 0 Å². The normalized spacial score (nSPS) is 29.6. The highest BCUT2D eigenvalue weighted by Gasteiger charge is 2.42. The van der Waals surface area contributed by atoms with Crippen molar-refractivity contribution in [1.82, 2.24) is 4.90 Å². The fourth-order valence-electron chi connectivity index (χ4n) is 3.24. The third-order valence-corrected chi connectivity index (χ3v) is 5.48. The molecule has 1 aromatic rings. The van der Waals surface area contributed by atoms with E-state index in [9.17, 15) is 9.18 Å². The van der Waals surface area contributed by atoms with Gasteiger partial charge in [0.1, 0.15) is 5.82 Å². The second-order valence-corrected chi connectivity index (χ2v) is 7.44. The number of alkyl halides is 1. The van der Waals surface area contributed by atoms with Gasteiger partial charge in [-0.15, -0.1) is 0 Å². The Labute approximate surface area is 128 Å². The number of hydrogen-bond acceptors (Lipinski definition) is 1. The zero-order valence-corrected chi connectivity index (χ0v) is 13.5. The average molecular weight is 391 g/mol. The van der Waals surface area contributed by atoms with Gasteiger partial charge in [0.2, 0.25) is 0 Å². The molecule has 19 heavy (non-hydrogen) atoms. The summed E-state index contributed by atoms with van der Waals surface area (Å²) in [4.78, 5) is 15.2. The summed E-state index contributed by atoms with van der Waals surface area (Å²) in [6.07, 6.45) is 4.19. The largest absolute Gasteiger partial charge is 0.333 e. The number of carbonyl (C=O) groups is 1. The first-order valence-electron chi connectivity index (χ1n) is 6.48. The topological polar surface area (TPSA) is 20.3 Å². The molecule has 0 spiro atoms. The molecule has 0 radical (unpaired) electrons. The maximum absolute atomic E-state index is 13.1. The van der Waals surface area contributed by atoms with Crippen LogP contribution in [0.5, 0.6) is 0 Å². The summed E-state index contributed by atoms with van der Waals surface area (Å²) >= 11 is 6.96. The minimum atomic E-state index is -0.328. The molecule has 0 aliphatic carbocycles. The summed E-state index contributed by atoms with van der Waals surface area (Å²) in [6.45, 7) is 0. The van der Waals surface area contributed by atoms with E-state index in [-0.39, 0.29) is 11.7 Å². The lowest BCUT2D eigenvalue weighted by molar-refractivity contribution is 0.0602. The van der Waals surface area contributed by atoms with Gasteiger partial charge in [0, 0.05) is 21.4 Å². The summed E-state index contributed by atoms with van der Waals surface area (Å²) in [5, 5.41) is 0. The molecule has 2 fully saturated rings. The van der Waals surface area contributed by atoms with Crippen molar-refractivity contribution >= 4 is 37.8 Å². The number of carbonyl (C=O) groups excluding carboxylic acids is 1. The molecular formula is C14H14Br2FNO. The molecule has 2 heterocycles. The maximum atomic E-state index is 13.1. The molecule has 2 aliphatic heterocycles. The van der Waals surface area contributed by atoms with Crippen molar-refractivity contribution in [2.45, 2.75) is 42.6 Å². The minimum absolute atomic E-state index is 0.0266. The van der Waals surface area contributed by atoms with Crippen LogP contribution >= 0.6 is 31.9 Å². The number of piperidine rings is 1. The van der Waals surface area contributed by atoms with Gasteiger partial charge in [-0.25, -0.2) is 4.39 Å². The Morgan fingerprint density at radius 3 is 2.47 bits per heavy atom. The molecule has 102 valence electrons. The van der Waals surface area contributed by atoms with E-state index in [2.05, 4.69) is 31.9 Å². The van der Waals surface area contributed by atoms with E-state index in [1.54, 1.807) is 6.07 Å². The van der Waals surface area contributed by atoms with Gasteiger partial charge < -0.3 is 4.90 Å². The van der Waals surface area contributed by atoms with Crippen molar-refractivity contribution in [1.29, 1.82) is 0 Å². The van der Waals surface area contributed by atoms with E-state index >= 15 is 0 Å². The van der Waals surface area contributed by atoms with E-state index in [4.69, 9.17) is 0 Å². The van der Waals surface area contributed by atoms with Crippen LogP contribution in [0.25, 0.3) is 0 Å². The van der Waals surface area contributed by atoms with Gasteiger partial charge in [-0.05, 0) is 59.8 Å². The molecule has 2 bridgehead atoms. The number of nitrogens with zero attached hydrogens (tertiary/aromatic N) is 1. The Morgan fingerprint density at radius 1 is 1.26 bits per heavy atom. The lowest BCUT2D eigenvalue weighted by atomic mass is 10.0. The predicted molar refractivity (Wildman–Crippen MR) is 79.0 cm³/mol. The summed E-state index contributed by atoms with van der Waals surface area (Å²) in [5.74, 6) is -0.302. The van der Waals surface area contributed by atoms with Crippen LogP contribution in [0.15, 0.2) is 22.7 Å².